The molecule has 92 valence electrons. The molecule has 0 atom stereocenters. The fourth-order valence-corrected chi connectivity index (χ4v) is 1.49. The summed E-state index contributed by atoms with van der Waals surface area (Å²) in [5.41, 5.74) is 6.63. The minimum Gasteiger partial charge on any atom is -0.397 e. The van der Waals surface area contributed by atoms with E-state index in [0.717, 1.165) is 0 Å². The molecule has 4 N–H and O–H groups in total. The van der Waals surface area contributed by atoms with Crippen molar-refractivity contribution >= 4 is 28.9 Å². The van der Waals surface area contributed by atoms with Crippen molar-refractivity contribution in [2.24, 2.45) is 0 Å². The lowest BCUT2D eigenvalue weighted by molar-refractivity contribution is 0.102. The molecular formula is C12H10ClN3O2. The lowest BCUT2D eigenvalue weighted by atomic mass is 10.2. The van der Waals surface area contributed by atoms with Crippen LogP contribution >= 0.6 is 11.6 Å². The van der Waals surface area contributed by atoms with Crippen LogP contribution in [0.4, 0.5) is 11.4 Å². The molecule has 2 aromatic rings. The molecule has 0 aliphatic carbocycles. The number of carbonyl (C=O) groups excluding carboxylic acids is 1. The Morgan fingerprint density at radius 2 is 2.06 bits per heavy atom. The van der Waals surface area contributed by atoms with Gasteiger partial charge in [0.25, 0.3) is 5.91 Å². The van der Waals surface area contributed by atoms with Crippen LogP contribution in [0.5, 0.6) is 0 Å². The number of hydrogen-bond donors (Lipinski definition) is 3. The summed E-state index contributed by atoms with van der Waals surface area (Å²) in [4.78, 5) is 25.1. The second-order valence-electron chi connectivity index (χ2n) is 3.63. The predicted molar refractivity (Wildman–Crippen MR) is 70.9 cm³/mol. The van der Waals surface area contributed by atoms with Crippen LogP contribution in [0.1, 0.15) is 10.4 Å². The van der Waals surface area contributed by atoms with Gasteiger partial charge >= 0.3 is 0 Å². The highest BCUT2D eigenvalue weighted by Gasteiger charge is 2.06. The van der Waals surface area contributed by atoms with Crippen molar-refractivity contribution in [1.82, 2.24) is 4.98 Å². The van der Waals surface area contributed by atoms with E-state index in [2.05, 4.69) is 10.3 Å². The molecule has 6 heteroatoms. The molecular weight excluding hydrogens is 254 g/mol. The van der Waals surface area contributed by atoms with Crippen molar-refractivity contribution in [2.45, 2.75) is 0 Å². The summed E-state index contributed by atoms with van der Waals surface area (Å²) < 4.78 is 0. The van der Waals surface area contributed by atoms with Gasteiger partial charge in [-0.1, -0.05) is 11.6 Å². The standard InChI is InChI=1S/C12H10ClN3O2/c13-9-3-2-8(5-10(9)14)16-12(18)7-1-4-11(17)15-6-7/h1-6H,14H2,(H,15,17)(H,16,18). The van der Waals surface area contributed by atoms with Gasteiger partial charge in [-0.25, -0.2) is 0 Å². The number of pyridine rings is 1. The van der Waals surface area contributed by atoms with E-state index in [4.69, 9.17) is 17.3 Å². The summed E-state index contributed by atoms with van der Waals surface area (Å²) in [6.45, 7) is 0. The number of carbonyl (C=O) groups is 1. The molecule has 0 saturated carbocycles. The largest absolute Gasteiger partial charge is 0.397 e. The minimum atomic E-state index is -0.340. The first-order chi connectivity index (χ1) is 8.56. The van der Waals surface area contributed by atoms with Crippen molar-refractivity contribution in [1.29, 1.82) is 0 Å². The molecule has 1 amide bonds. The third-order valence-corrected chi connectivity index (χ3v) is 2.64. The smallest absolute Gasteiger partial charge is 0.257 e. The van der Waals surface area contributed by atoms with Crippen LogP contribution in [-0.2, 0) is 0 Å². The fourth-order valence-electron chi connectivity index (χ4n) is 1.38. The molecule has 0 aliphatic rings. The van der Waals surface area contributed by atoms with Crippen molar-refractivity contribution in [3.8, 4) is 0 Å². The van der Waals surface area contributed by atoms with Crippen LogP contribution in [0.3, 0.4) is 0 Å². The first-order valence-corrected chi connectivity index (χ1v) is 5.49. The van der Waals surface area contributed by atoms with Gasteiger partial charge in [0, 0.05) is 18.0 Å². The minimum absolute atomic E-state index is 0.262. The molecule has 5 nitrogen and oxygen atoms in total. The average Bonchev–Trinajstić information content (AvgIpc) is 2.34. The highest BCUT2D eigenvalue weighted by Crippen LogP contribution is 2.22. The monoisotopic (exact) mass is 263 g/mol. The van der Waals surface area contributed by atoms with Crippen LogP contribution in [0.15, 0.2) is 41.3 Å². The molecule has 2 rings (SSSR count). The van der Waals surface area contributed by atoms with Crippen molar-refractivity contribution in [3.63, 3.8) is 0 Å². The Hall–Kier alpha value is -2.27. The summed E-state index contributed by atoms with van der Waals surface area (Å²) in [7, 11) is 0. The van der Waals surface area contributed by atoms with Crippen LogP contribution in [0.2, 0.25) is 5.02 Å². The van der Waals surface area contributed by atoms with E-state index in [0.29, 0.717) is 22.0 Å². The number of nitrogens with two attached hydrogens (primary N) is 1. The lowest BCUT2D eigenvalue weighted by Gasteiger charge is -2.06. The number of H-pyrrole nitrogens is 1. The van der Waals surface area contributed by atoms with E-state index in [1.165, 1.54) is 18.3 Å². The Bertz CT molecular complexity index is 632. The molecule has 0 aliphatic heterocycles. The Kier molecular flexibility index (Phi) is 3.34. The van der Waals surface area contributed by atoms with Crippen LogP contribution in [0.25, 0.3) is 0 Å². The Morgan fingerprint density at radius 1 is 1.28 bits per heavy atom. The topological polar surface area (TPSA) is 88.0 Å². The summed E-state index contributed by atoms with van der Waals surface area (Å²) in [5.74, 6) is -0.340. The highest BCUT2D eigenvalue weighted by atomic mass is 35.5. The van der Waals surface area contributed by atoms with E-state index in [1.54, 1.807) is 18.2 Å². The Labute approximate surface area is 108 Å². The molecule has 0 radical (unpaired) electrons. The van der Waals surface area contributed by atoms with Crippen molar-refractivity contribution < 1.29 is 4.79 Å². The molecule has 1 aromatic heterocycles. The number of hydrogen-bond acceptors (Lipinski definition) is 3. The Morgan fingerprint density at radius 3 is 2.67 bits per heavy atom. The van der Waals surface area contributed by atoms with E-state index in [-0.39, 0.29) is 11.5 Å². The number of anilines is 2. The van der Waals surface area contributed by atoms with Gasteiger partial charge in [0.2, 0.25) is 5.56 Å². The molecule has 0 bridgehead atoms. The molecule has 1 aromatic carbocycles. The number of nitrogen functional groups attached to an aromatic ring is 1. The average molecular weight is 264 g/mol. The summed E-state index contributed by atoms with van der Waals surface area (Å²) in [5, 5.41) is 3.07. The SMILES string of the molecule is Nc1cc(NC(=O)c2ccc(=O)[nH]c2)ccc1Cl. The lowest BCUT2D eigenvalue weighted by Crippen LogP contribution is -2.14. The number of benzene rings is 1. The maximum Gasteiger partial charge on any atom is 0.257 e. The van der Waals surface area contributed by atoms with Crippen LogP contribution in [-0.4, -0.2) is 10.9 Å². The third kappa shape index (κ3) is 2.70. The zero-order valence-electron chi connectivity index (χ0n) is 9.24. The highest BCUT2D eigenvalue weighted by molar-refractivity contribution is 6.33. The van der Waals surface area contributed by atoms with Gasteiger partial charge in [0.05, 0.1) is 16.3 Å². The number of halogens is 1. The zero-order chi connectivity index (χ0) is 13.1. The van der Waals surface area contributed by atoms with Crippen molar-refractivity contribution in [2.75, 3.05) is 11.1 Å². The van der Waals surface area contributed by atoms with Gasteiger partial charge in [-0.2, -0.15) is 0 Å². The van der Waals surface area contributed by atoms with E-state index < -0.39 is 0 Å². The summed E-state index contributed by atoms with van der Waals surface area (Å²) in [6.07, 6.45) is 1.34. The van der Waals surface area contributed by atoms with Gasteiger partial charge in [-0.15, -0.1) is 0 Å². The molecule has 0 fully saturated rings. The molecule has 0 spiro atoms. The van der Waals surface area contributed by atoms with Gasteiger partial charge < -0.3 is 16.0 Å². The molecule has 18 heavy (non-hydrogen) atoms. The quantitative estimate of drug-likeness (QED) is 0.723. The Balaban J connectivity index is 2.18. The second kappa shape index (κ2) is 4.93. The summed E-state index contributed by atoms with van der Waals surface area (Å²) >= 11 is 5.77. The number of aromatic nitrogens is 1. The second-order valence-corrected chi connectivity index (χ2v) is 4.04. The zero-order valence-corrected chi connectivity index (χ0v) is 9.99. The van der Waals surface area contributed by atoms with Crippen molar-refractivity contribution in [3.05, 3.63) is 57.5 Å². The first kappa shape index (κ1) is 12.2. The molecule has 1 heterocycles. The first-order valence-electron chi connectivity index (χ1n) is 5.11. The van der Waals surface area contributed by atoms with Gasteiger partial charge in [-0.05, 0) is 24.3 Å². The van der Waals surface area contributed by atoms with E-state index >= 15 is 0 Å². The molecule has 0 saturated heterocycles. The number of amides is 1. The van der Waals surface area contributed by atoms with E-state index in [9.17, 15) is 9.59 Å². The number of nitrogens with one attached hydrogen (secondary N) is 2. The maximum absolute atomic E-state index is 11.8. The number of rotatable bonds is 2. The van der Waals surface area contributed by atoms with E-state index in [1.807, 2.05) is 0 Å². The predicted octanol–water partition coefficient (Wildman–Crippen LogP) is 1.86. The normalized spacial score (nSPS) is 10.1. The van der Waals surface area contributed by atoms with Crippen LogP contribution in [0, 0.1) is 0 Å². The number of aromatic amines is 1. The third-order valence-electron chi connectivity index (χ3n) is 2.30. The maximum atomic E-state index is 11.8. The van der Waals surface area contributed by atoms with Crippen LogP contribution < -0.4 is 16.6 Å². The van der Waals surface area contributed by atoms with Gasteiger partial charge in [-0.3, -0.25) is 9.59 Å². The summed E-state index contributed by atoms with van der Waals surface area (Å²) in [6, 6.07) is 7.52. The van der Waals surface area contributed by atoms with Gasteiger partial charge in [0.15, 0.2) is 0 Å². The fraction of sp³-hybridized carbons (Fsp3) is 0. The van der Waals surface area contributed by atoms with Gasteiger partial charge in [0.1, 0.15) is 0 Å². The molecule has 0 unspecified atom stereocenters.